The summed E-state index contributed by atoms with van der Waals surface area (Å²) in [5, 5.41) is 9.36. The van der Waals surface area contributed by atoms with Gasteiger partial charge in [-0.3, -0.25) is 4.79 Å². The average Bonchev–Trinajstić information content (AvgIpc) is 2.13. The molecule has 0 saturated carbocycles. The summed E-state index contributed by atoms with van der Waals surface area (Å²) in [5.41, 5.74) is 0. The quantitative estimate of drug-likeness (QED) is 0.784. The molecule has 0 radical (unpaired) electrons. The second kappa shape index (κ2) is 4.58. The number of carbonyl (C=O) groups excluding carboxylic acids is 1. The Hall–Kier alpha value is -1.61. The Morgan fingerprint density at radius 1 is 1.22 bits per heavy atom. The van der Waals surface area contributed by atoms with Crippen LogP contribution in [-0.4, -0.2) is 34.1 Å². The molecular weight excluding hydrogens is 282 g/mol. The molecule has 100 valence electrons. The van der Waals surface area contributed by atoms with E-state index in [1.54, 1.807) is 4.72 Å². The smallest absolute Gasteiger partial charge is 0.264 e. The molecule has 0 aliphatic rings. The maximum atomic E-state index is 11.6. The first-order chi connectivity index (χ1) is 8.04. The zero-order chi connectivity index (χ0) is 14.1. The fourth-order valence-electron chi connectivity index (χ4n) is 1.21. The number of amides is 1. The van der Waals surface area contributed by atoms with Crippen LogP contribution < -0.4 is 4.72 Å². The minimum atomic E-state index is -4.13. The van der Waals surface area contributed by atoms with Crippen LogP contribution in [0.15, 0.2) is 28.0 Å². The average molecular weight is 293 g/mol. The SMILES string of the molecule is CC(=O)NS(=O)(=O)c1ccc(O)c(S(C)(=O)=O)c1. The highest BCUT2D eigenvalue weighted by atomic mass is 32.2. The number of aromatic hydroxyl groups is 1. The molecule has 0 unspecified atom stereocenters. The molecule has 7 nitrogen and oxygen atoms in total. The number of sulfone groups is 1. The zero-order valence-corrected chi connectivity index (χ0v) is 11.2. The Balaban J connectivity index is 3.43. The van der Waals surface area contributed by atoms with Gasteiger partial charge in [-0.2, -0.15) is 0 Å². The van der Waals surface area contributed by atoms with Gasteiger partial charge in [0.15, 0.2) is 9.84 Å². The first kappa shape index (κ1) is 14.5. The van der Waals surface area contributed by atoms with Gasteiger partial charge in [0.1, 0.15) is 10.6 Å². The summed E-state index contributed by atoms with van der Waals surface area (Å²) in [4.78, 5) is 9.78. The standard InChI is InChI=1S/C9H11NO6S2/c1-6(11)10-18(15,16)7-3-4-8(12)9(5-7)17(2,13)14/h3-5,12H,1-2H3,(H,10,11). The molecule has 1 aromatic carbocycles. The van der Waals surface area contributed by atoms with Crippen molar-refractivity contribution in [2.45, 2.75) is 16.7 Å². The van der Waals surface area contributed by atoms with Crippen LogP contribution in [0, 0.1) is 0 Å². The van der Waals surface area contributed by atoms with Crippen molar-refractivity contribution in [3.63, 3.8) is 0 Å². The van der Waals surface area contributed by atoms with E-state index < -0.39 is 41.3 Å². The van der Waals surface area contributed by atoms with Crippen molar-refractivity contribution < 1.29 is 26.7 Å². The van der Waals surface area contributed by atoms with Gasteiger partial charge >= 0.3 is 0 Å². The van der Waals surface area contributed by atoms with E-state index in [0.717, 1.165) is 31.4 Å². The van der Waals surface area contributed by atoms with Gasteiger partial charge in [0.25, 0.3) is 10.0 Å². The maximum absolute atomic E-state index is 11.6. The van der Waals surface area contributed by atoms with E-state index >= 15 is 0 Å². The van der Waals surface area contributed by atoms with E-state index in [1.807, 2.05) is 0 Å². The number of sulfonamides is 1. The molecule has 2 N–H and O–H groups in total. The van der Waals surface area contributed by atoms with Crippen molar-refractivity contribution in [3.05, 3.63) is 18.2 Å². The molecule has 9 heteroatoms. The fourth-order valence-corrected chi connectivity index (χ4v) is 3.09. The van der Waals surface area contributed by atoms with Crippen LogP contribution in [0.1, 0.15) is 6.92 Å². The molecule has 0 atom stereocenters. The predicted molar refractivity (Wildman–Crippen MR) is 62.2 cm³/mol. The summed E-state index contributed by atoms with van der Waals surface area (Å²) in [6.45, 7) is 1.01. The van der Waals surface area contributed by atoms with Gasteiger partial charge in [-0.05, 0) is 18.2 Å². The number of phenolic OH excluding ortho intramolecular Hbond substituents is 1. The second-order valence-electron chi connectivity index (χ2n) is 3.56. The van der Waals surface area contributed by atoms with Gasteiger partial charge in [0.2, 0.25) is 5.91 Å². The summed E-state index contributed by atoms with van der Waals surface area (Å²) >= 11 is 0. The van der Waals surface area contributed by atoms with Crippen LogP contribution in [0.25, 0.3) is 0 Å². The third kappa shape index (κ3) is 3.20. The van der Waals surface area contributed by atoms with Gasteiger partial charge in [-0.15, -0.1) is 0 Å². The molecule has 0 aromatic heterocycles. The van der Waals surface area contributed by atoms with E-state index in [1.165, 1.54) is 0 Å². The number of nitrogens with one attached hydrogen (secondary N) is 1. The van der Waals surface area contributed by atoms with Crippen LogP contribution in [0.5, 0.6) is 5.75 Å². The Kier molecular flexibility index (Phi) is 3.67. The Bertz CT molecular complexity index is 690. The maximum Gasteiger partial charge on any atom is 0.264 e. The van der Waals surface area contributed by atoms with Crippen LogP contribution in [0.4, 0.5) is 0 Å². The van der Waals surface area contributed by atoms with E-state index in [0.29, 0.717) is 0 Å². The van der Waals surface area contributed by atoms with Gasteiger partial charge in [-0.1, -0.05) is 0 Å². The normalized spacial score (nSPS) is 12.1. The minimum Gasteiger partial charge on any atom is -0.507 e. The number of benzene rings is 1. The molecule has 0 heterocycles. The van der Waals surface area contributed by atoms with Crippen molar-refractivity contribution in [3.8, 4) is 5.75 Å². The number of hydrogen-bond acceptors (Lipinski definition) is 6. The van der Waals surface area contributed by atoms with Crippen molar-refractivity contribution in [1.29, 1.82) is 0 Å². The highest BCUT2D eigenvalue weighted by Gasteiger charge is 2.20. The summed E-state index contributed by atoms with van der Waals surface area (Å²) in [7, 11) is -7.91. The van der Waals surface area contributed by atoms with E-state index in [4.69, 9.17) is 0 Å². The minimum absolute atomic E-state index is 0.420. The lowest BCUT2D eigenvalue weighted by Gasteiger charge is -2.07. The molecule has 0 aliphatic heterocycles. The predicted octanol–water partition coefficient (Wildman–Crippen LogP) is -0.380. The lowest BCUT2D eigenvalue weighted by Crippen LogP contribution is -2.28. The van der Waals surface area contributed by atoms with Crippen molar-refractivity contribution in [1.82, 2.24) is 4.72 Å². The van der Waals surface area contributed by atoms with E-state index in [-0.39, 0.29) is 0 Å². The van der Waals surface area contributed by atoms with Gasteiger partial charge in [0, 0.05) is 13.2 Å². The third-order valence-electron chi connectivity index (χ3n) is 1.92. The molecule has 0 spiro atoms. The van der Waals surface area contributed by atoms with Gasteiger partial charge in [-0.25, -0.2) is 21.6 Å². The Morgan fingerprint density at radius 2 is 1.78 bits per heavy atom. The molecule has 18 heavy (non-hydrogen) atoms. The second-order valence-corrected chi connectivity index (χ2v) is 7.23. The molecular formula is C9H11NO6S2. The van der Waals surface area contributed by atoms with Crippen molar-refractivity contribution in [2.75, 3.05) is 6.26 Å². The molecule has 0 saturated heterocycles. The first-order valence-corrected chi connectivity index (χ1v) is 7.98. The fraction of sp³-hybridized carbons (Fsp3) is 0.222. The van der Waals surface area contributed by atoms with Gasteiger partial charge in [0.05, 0.1) is 4.90 Å². The highest BCUT2D eigenvalue weighted by molar-refractivity contribution is 7.91. The number of hydrogen-bond donors (Lipinski definition) is 2. The van der Waals surface area contributed by atoms with Crippen molar-refractivity contribution in [2.24, 2.45) is 0 Å². The molecule has 0 bridgehead atoms. The largest absolute Gasteiger partial charge is 0.507 e. The molecule has 0 aliphatic carbocycles. The number of carbonyl (C=O) groups is 1. The Morgan fingerprint density at radius 3 is 2.22 bits per heavy atom. The molecule has 1 rings (SSSR count). The topological polar surface area (TPSA) is 118 Å². The van der Waals surface area contributed by atoms with Crippen LogP contribution in [-0.2, 0) is 24.7 Å². The summed E-state index contributed by atoms with van der Waals surface area (Å²) in [6, 6.07) is 2.72. The zero-order valence-electron chi connectivity index (χ0n) is 9.54. The van der Waals surface area contributed by atoms with Crippen LogP contribution >= 0.6 is 0 Å². The summed E-state index contributed by atoms with van der Waals surface area (Å²) < 4.78 is 47.6. The summed E-state index contributed by atoms with van der Waals surface area (Å²) in [5.74, 6) is -1.36. The highest BCUT2D eigenvalue weighted by Crippen LogP contribution is 2.25. The number of phenols is 1. The van der Waals surface area contributed by atoms with Crippen LogP contribution in [0.2, 0.25) is 0 Å². The first-order valence-electron chi connectivity index (χ1n) is 4.60. The summed E-state index contributed by atoms with van der Waals surface area (Å²) in [6.07, 6.45) is 0.830. The monoisotopic (exact) mass is 293 g/mol. The van der Waals surface area contributed by atoms with E-state index in [9.17, 15) is 26.7 Å². The molecule has 1 aromatic rings. The third-order valence-corrected chi connectivity index (χ3v) is 4.48. The Labute approximate surface area is 104 Å². The lowest BCUT2D eigenvalue weighted by molar-refractivity contribution is -0.117. The lowest BCUT2D eigenvalue weighted by atomic mass is 10.3. The molecule has 0 fully saturated rings. The van der Waals surface area contributed by atoms with Gasteiger partial charge < -0.3 is 5.11 Å². The van der Waals surface area contributed by atoms with E-state index in [2.05, 4.69) is 0 Å². The van der Waals surface area contributed by atoms with Crippen molar-refractivity contribution >= 4 is 25.8 Å². The number of rotatable bonds is 3. The van der Waals surface area contributed by atoms with Crippen LogP contribution in [0.3, 0.4) is 0 Å². The molecule has 1 amide bonds.